The largest absolute Gasteiger partial charge is 0.311 e. The molecule has 1 saturated heterocycles. The normalized spacial score (nSPS) is 17.0. The molecule has 2 nitrogen and oxygen atoms in total. The van der Waals surface area contributed by atoms with Gasteiger partial charge in [-0.3, -0.25) is 0 Å². The van der Waals surface area contributed by atoms with Gasteiger partial charge in [0.15, 0.2) is 0 Å². The molecule has 0 atom stereocenters. The van der Waals surface area contributed by atoms with Crippen LogP contribution in [0.1, 0.15) is 5.56 Å². The van der Waals surface area contributed by atoms with Gasteiger partial charge in [0.1, 0.15) is 0 Å². The van der Waals surface area contributed by atoms with Crippen molar-refractivity contribution in [1.29, 1.82) is 0 Å². The third-order valence-electron chi connectivity index (χ3n) is 3.02. The van der Waals surface area contributed by atoms with Gasteiger partial charge in [-0.1, -0.05) is 29.3 Å². The first-order valence-corrected chi connectivity index (χ1v) is 8.11. The van der Waals surface area contributed by atoms with E-state index >= 15 is 0 Å². The number of benzene rings is 1. The summed E-state index contributed by atoms with van der Waals surface area (Å²) in [6, 6.07) is 5.79. The van der Waals surface area contributed by atoms with Gasteiger partial charge in [0, 0.05) is 44.2 Å². The van der Waals surface area contributed by atoms with Crippen LogP contribution in [-0.2, 0) is 6.54 Å². The Morgan fingerprint density at radius 3 is 2.67 bits per heavy atom. The van der Waals surface area contributed by atoms with Crippen molar-refractivity contribution in [2.45, 2.75) is 6.54 Å². The minimum atomic E-state index is 0.617. The van der Waals surface area contributed by atoms with Crippen LogP contribution in [-0.4, -0.2) is 42.6 Å². The van der Waals surface area contributed by atoms with Gasteiger partial charge in [0.05, 0.1) is 10.0 Å². The van der Waals surface area contributed by atoms with E-state index in [4.69, 9.17) is 23.2 Å². The maximum Gasteiger partial charge on any atom is 0.0595 e. The lowest BCUT2D eigenvalue weighted by Gasteiger charge is -2.26. The van der Waals surface area contributed by atoms with Crippen molar-refractivity contribution in [2.24, 2.45) is 0 Å². The molecule has 1 aromatic rings. The molecule has 0 aromatic heterocycles. The molecule has 0 bridgehead atoms. The average Bonchev–Trinajstić information content (AvgIpc) is 2.40. The van der Waals surface area contributed by atoms with Crippen molar-refractivity contribution in [1.82, 2.24) is 10.2 Å². The lowest BCUT2D eigenvalue weighted by molar-refractivity contribution is 0.301. The molecule has 0 radical (unpaired) electrons. The summed E-state index contributed by atoms with van der Waals surface area (Å²) in [6.45, 7) is 5.44. The van der Waals surface area contributed by atoms with E-state index in [2.05, 4.69) is 10.2 Å². The van der Waals surface area contributed by atoms with E-state index in [1.54, 1.807) is 0 Å². The van der Waals surface area contributed by atoms with Crippen LogP contribution < -0.4 is 5.32 Å². The molecular weight excluding hydrogens is 287 g/mol. The number of hydrogen-bond donors (Lipinski definition) is 1. The van der Waals surface area contributed by atoms with E-state index in [9.17, 15) is 0 Å². The molecule has 1 aliphatic rings. The van der Waals surface area contributed by atoms with Crippen LogP contribution in [0.15, 0.2) is 18.2 Å². The lowest BCUT2D eigenvalue weighted by atomic mass is 10.2. The van der Waals surface area contributed by atoms with Crippen LogP contribution in [0.5, 0.6) is 0 Å². The van der Waals surface area contributed by atoms with Gasteiger partial charge in [-0.05, 0) is 17.7 Å². The lowest BCUT2D eigenvalue weighted by Crippen LogP contribution is -2.37. The highest BCUT2D eigenvalue weighted by Crippen LogP contribution is 2.22. The van der Waals surface area contributed by atoms with E-state index < -0.39 is 0 Å². The molecule has 1 N–H and O–H groups in total. The van der Waals surface area contributed by atoms with Gasteiger partial charge in [0.25, 0.3) is 0 Å². The van der Waals surface area contributed by atoms with E-state index in [1.807, 2.05) is 30.0 Å². The van der Waals surface area contributed by atoms with Crippen molar-refractivity contribution in [3.8, 4) is 0 Å². The van der Waals surface area contributed by atoms with Crippen LogP contribution in [0, 0.1) is 0 Å². The third-order valence-corrected chi connectivity index (χ3v) is 4.70. The fraction of sp³-hybridized carbons (Fsp3) is 0.538. The summed E-state index contributed by atoms with van der Waals surface area (Å²) in [7, 11) is 0. The highest BCUT2D eigenvalue weighted by atomic mass is 35.5. The molecule has 1 aliphatic heterocycles. The van der Waals surface area contributed by atoms with Crippen LogP contribution in [0.4, 0.5) is 0 Å². The summed E-state index contributed by atoms with van der Waals surface area (Å²) < 4.78 is 0. The van der Waals surface area contributed by atoms with E-state index in [1.165, 1.54) is 30.2 Å². The zero-order valence-electron chi connectivity index (χ0n) is 10.3. The second-order valence-corrected chi connectivity index (χ2v) is 6.42. The first-order valence-electron chi connectivity index (χ1n) is 6.20. The Labute approximate surface area is 123 Å². The topological polar surface area (TPSA) is 15.3 Å². The minimum absolute atomic E-state index is 0.617. The molecule has 1 aromatic carbocycles. The molecule has 1 heterocycles. The Kier molecular flexibility index (Phi) is 6.12. The standard InChI is InChI=1S/C13H18Cl2N2S/c14-12-2-1-11(9-13(12)15)10-16-3-4-17-5-7-18-8-6-17/h1-2,9,16H,3-8,10H2. The molecular formula is C13H18Cl2N2S. The van der Waals surface area contributed by atoms with Gasteiger partial charge < -0.3 is 10.2 Å². The number of rotatable bonds is 5. The number of nitrogens with one attached hydrogen (secondary N) is 1. The fourth-order valence-electron chi connectivity index (χ4n) is 1.94. The zero-order valence-corrected chi connectivity index (χ0v) is 12.6. The maximum atomic E-state index is 5.98. The Morgan fingerprint density at radius 1 is 1.17 bits per heavy atom. The van der Waals surface area contributed by atoms with Gasteiger partial charge in [0.2, 0.25) is 0 Å². The minimum Gasteiger partial charge on any atom is -0.311 e. The predicted molar refractivity (Wildman–Crippen MR) is 81.9 cm³/mol. The summed E-state index contributed by atoms with van der Waals surface area (Å²) >= 11 is 13.9. The van der Waals surface area contributed by atoms with E-state index in [-0.39, 0.29) is 0 Å². The number of thioether (sulfide) groups is 1. The zero-order chi connectivity index (χ0) is 12.8. The quantitative estimate of drug-likeness (QED) is 0.842. The number of halogens is 2. The predicted octanol–water partition coefficient (Wildman–Crippen LogP) is 3.13. The Balaban J connectivity index is 1.66. The summed E-state index contributed by atoms with van der Waals surface area (Å²) in [4.78, 5) is 2.51. The first kappa shape index (κ1) is 14.5. The maximum absolute atomic E-state index is 5.98. The Bertz CT molecular complexity index is 381. The van der Waals surface area contributed by atoms with Crippen molar-refractivity contribution in [3.05, 3.63) is 33.8 Å². The third kappa shape index (κ3) is 4.63. The molecule has 5 heteroatoms. The van der Waals surface area contributed by atoms with Crippen LogP contribution >= 0.6 is 35.0 Å². The van der Waals surface area contributed by atoms with Gasteiger partial charge >= 0.3 is 0 Å². The van der Waals surface area contributed by atoms with Gasteiger partial charge in [-0.2, -0.15) is 11.8 Å². The van der Waals surface area contributed by atoms with Crippen LogP contribution in [0.25, 0.3) is 0 Å². The molecule has 0 spiro atoms. The molecule has 0 unspecified atom stereocenters. The highest BCUT2D eigenvalue weighted by Gasteiger charge is 2.09. The Morgan fingerprint density at radius 2 is 1.94 bits per heavy atom. The molecule has 0 amide bonds. The first-order chi connectivity index (χ1) is 8.75. The van der Waals surface area contributed by atoms with Crippen molar-refractivity contribution >= 4 is 35.0 Å². The molecule has 2 rings (SSSR count). The highest BCUT2D eigenvalue weighted by molar-refractivity contribution is 7.99. The SMILES string of the molecule is Clc1ccc(CNCCN2CCSCC2)cc1Cl. The molecule has 100 valence electrons. The summed E-state index contributed by atoms with van der Waals surface area (Å²) in [5.41, 5.74) is 1.18. The smallest absolute Gasteiger partial charge is 0.0595 e. The summed E-state index contributed by atoms with van der Waals surface area (Å²) in [5, 5.41) is 4.69. The molecule has 0 aliphatic carbocycles. The van der Waals surface area contributed by atoms with Crippen molar-refractivity contribution in [2.75, 3.05) is 37.7 Å². The van der Waals surface area contributed by atoms with Crippen LogP contribution in [0.3, 0.4) is 0 Å². The van der Waals surface area contributed by atoms with Gasteiger partial charge in [-0.25, -0.2) is 0 Å². The monoisotopic (exact) mass is 304 g/mol. The van der Waals surface area contributed by atoms with E-state index in [0.29, 0.717) is 10.0 Å². The second kappa shape index (κ2) is 7.61. The number of hydrogen-bond acceptors (Lipinski definition) is 3. The van der Waals surface area contributed by atoms with E-state index in [0.717, 1.165) is 19.6 Å². The fourth-order valence-corrected chi connectivity index (χ4v) is 3.24. The van der Waals surface area contributed by atoms with Crippen LogP contribution in [0.2, 0.25) is 10.0 Å². The molecule has 1 fully saturated rings. The average molecular weight is 305 g/mol. The summed E-state index contributed by atoms with van der Waals surface area (Å²) in [5.74, 6) is 2.54. The molecule has 18 heavy (non-hydrogen) atoms. The number of nitrogens with zero attached hydrogens (tertiary/aromatic N) is 1. The van der Waals surface area contributed by atoms with Crippen molar-refractivity contribution < 1.29 is 0 Å². The van der Waals surface area contributed by atoms with Gasteiger partial charge in [-0.15, -0.1) is 0 Å². The Hall–Kier alpha value is 0.0700. The second-order valence-electron chi connectivity index (χ2n) is 4.38. The summed E-state index contributed by atoms with van der Waals surface area (Å²) in [6.07, 6.45) is 0. The van der Waals surface area contributed by atoms with Crippen molar-refractivity contribution in [3.63, 3.8) is 0 Å². The molecule has 0 saturated carbocycles.